The van der Waals surface area contributed by atoms with Gasteiger partial charge >= 0.3 is 0 Å². The fourth-order valence-electron chi connectivity index (χ4n) is 3.68. The summed E-state index contributed by atoms with van der Waals surface area (Å²) in [6, 6.07) is 3.55. The minimum atomic E-state index is -3.47. The summed E-state index contributed by atoms with van der Waals surface area (Å²) in [5.74, 6) is -1.98. The van der Waals surface area contributed by atoms with Crippen molar-refractivity contribution in [3.05, 3.63) is 52.8 Å². The lowest BCUT2D eigenvalue weighted by molar-refractivity contribution is -0.133. The summed E-state index contributed by atoms with van der Waals surface area (Å²) in [5.41, 5.74) is 5.62. The second-order valence-electron chi connectivity index (χ2n) is 9.26. The highest BCUT2D eigenvalue weighted by Crippen LogP contribution is 2.38. The van der Waals surface area contributed by atoms with E-state index in [2.05, 4.69) is 15.3 Å². The Balaban J connectivity index is 2.34. The number of nitrogens with zero attached hydrogens (tertiary/aromatic N) is 2. The number of methoxy groups -OCH3 is 2. The maximum Gasteiger partial charge on any atom is 0.300 e. The van der Waals surface area contributed by atoms with E-state index in [4.69, 9.17) is 24.7 Å². The zero-order valence-electron chi connectivity index (χ0n) is 23.5. The van der Waals surface area contributed by atoms with Crippen LogP contribution in [0.4, 0.5) is 14.5 Å². The number of alkyl halides is 2. The normalized spacial score (nSPS) is 15.0. The van der Waals surface area contributed by atoms with E-state index >= 15 is 0 Å². The van der Waals surface area contributed by atoms with Crippen LogP contribution < -0.4 is 20.5 Å². The topological polar surface area (TPSA) is 120 Å². The average molecular weight is 551 g/mol. The summed E-state index contributed by atoms with van der Waals surface area (Å²) in [7, 11) is 4.81. The van der Waals surface area contributed by atoms with Gasteiger partial charge in [0.2, 0.25) is 0 Å². The van der Waals surface area contributed by atoms with Crippen LogP contribution in [0.25, 0.3) is 0 Å². The molecule has 0 fully saturated rings. The van der Waals surface area contributed by atoms with Crippen LogP contribution in [-0.4, -0.2) is 82.9 Å². The molecular weight excluding hydrogens is 510 g/mol. The minimum Gasteiger partial charge on any atom is -0.487 e. The molecule has 0 radical (unpaired) electrons. The van der Waals surface area contributed by atoms with Crippen LogP contribution >= 0.6 is 0 Å². The van der Waals surface area contributed by atoms with E-state index in [9.17, 15) is 13.9 Å². The van der Waals surface area contributed by atoms with Crippen LogP contribution in [-0.2, 0) is 9.47 Å². The minimum absolute atomic E-state index is 0.164. The van der Waals surface area contributed by atoms with Gasteiger partial charge in [0, 0.05) is 56.9 Å². The first-order valence-electron chi connectivity index (χ1n) is 12.6. The number of hydrogen-bond donors (Lipinski definition) is 3. The van der Waals surface area contributed by atoms with Crippen LogP contribution in [0.3, 0.4) is 0 Å². The third kappa shape index (κ3) is 8.87. The van der Waals surface area contributed by atoms with Gasteiger partial charge in [-0.1, -0.05) is 6.08 Å². The predicted octanol–water partition coefficient (Wildman–Crippen LogP) is 3.93. The summed E-state index contributed by atoms with van der Waals surface area (Å²) in [5, 5.41) is 13.2. The Hall–Kier alpha value is -3.28. The molecule has 39 heavy (non-hydrogen) atoms. The number of benzene rings is 1. The number of aliphatic imine (C=N–C) groups is 2. The Morgan fingerprint density at radius 1 is 1.08 bits per heavy atom. The van der Waals surface area contributed by atoms with E-state index < -0.39 is 11.5 Å². The van der Waals surface area contributed by atoms with Crippen LogP contribution in [0.15, 0.2) is 57.2 Å². The van der Waals surface area contributed by atoms with Crippen molar-refractivity contribution in [2.45, 2.75) is 38.7 Å². The number of amidine groups is 1. The molecule has 11 heteroatoms. The molecule has 1 aromatic rings. The van der Waals surface area contributed by atoms with Gasteiger partial charge in [0.25, 0.3) is 5.92 Å². The van der Waals surface area contributed by atoms with Crippen molar-refractivity contribution in [3.8, 4) is 11.5 Å². The third-order valence-corrected chi connectivity index (χ3v) is 5.79. The molecule has 0 atom stereocenters. The number of halogens is 2. The van der Waals surface area contributed by atoms with Crippen molar-refractivity contribution in [2.75, 3.05) is 54.2 Å². The van der Waals surface area contributed by atoms with Crippen LogP contribution in [0.2, 0.25) is 0 Å². The first-order chi connectivity index (χ1) is 18.5. The molecule has 216 valence electrons. The van der Waals surface area contributed by atoms with E-state index in [1.807, 2.05) is 0 Å². The summed E-state index contributed by atoms with van der Waals surface area (Å²) in [6.45, 7) is 5.64. The highest BCUT2D eigenvalue weighted by molar-refractivity contribution is 6.04. The Morgan fingerprint density at radius 3 is 2.23 bits per heavy atom. The Labute approximate surface area is 229 Å². The van der Waals surface area contributed by atoms with Gasteiger partial charge in [-0.15, -0.1) is 0 Å². The summed E-state index contributed by atoms with van der Waals surface area (Å²) in [4.78, 5) is 8.89. The average Bonchev–Trinajstić information content (AvgIpc) is 3.07. The van der Waals surface area contributed by atoms with Crippen molar-refractivity contribution in [3.63, 3.8) is 0 Å². The smallest absolute Gasteiger partial charge is 0.300 e. The molecule has 0 amide bonds. The van der Waals surface area contributed by atoms with E-state index in [0.717, 1.165) is 19.4 Å². The number of nitrogens with one attached hydrogen (secondary N) is 1. The molecule has 4 N–H and O–H groups in total. The quantitative estimate of drug-likeness (QED) is 0.182. The monoisotopic (exact) mass is 550 g/mol. The maximum absolute atomic E-state index is 14.8. The van der Waals surface area contributed by atoms with Crippen molar-refractivity contribution in [2.24, 2.45) is 15.7 Å². The number of hydrogen-bond acceptors (Lipinski definition) is 8. The van der Waals surface area contributed by atoms with Crippen LogP contribution in [0.1, 0.15) is 32.8 Å². The lowest BCUT2D eigenvalue weighted by Crippen LogP contribution is -2.43. The largest absolute Gasteiger partial charge is 0.487 e. The molecule has 9 nitrogen and oxygen atoms in total. The Morgan fingerprint density at radius 2 is 1.69 bits per heavy atom. The number of allylic oxidation sites excluding steroid dienone is 3. The van der Waals surface area contributed by atoms with Gasteiger partial charge in [-0.05, 0) is 51.0 Å². The van der Waals surface area contributed by atoms with Gasteiger partial charge < -0.3 is 35.1 Å². The first-order valence-corrected chi connectivity index (χ1v) is 12.6. The number of rotatable bonds is 14. The molecule has 2 rings (SSSR count). The molecular formula is C28H40F2N4O5. The number of ether oxygens (including phenoxy) is 4. The highest BCUT2D eigenvalue weighted by atomic mass is 19.3. The standard InChI is InChI=1S/C28H40F2N4O5/c1-7-33-23-17-25(39-13-11-37-6)24(38-12-10-36-5)16-22(23)26(32-4)34-18-19-8-9-20(15-21(31)14-19)28(29,30)27(2,3)35/h7,9,14-17,35H,8,10-13,18,31H2,1-6H3,(H,32,34)/b33-7+. The number of nitrogens with two attached hydrogens (primary N) is 1. The fourth-order valence-corrected chi connectivity index (χ4v) is 3.68. The summed E-state index contributed by atoms with van der Waals surface area (Å²) >= 11 is 0. The van der Waals surface area contributed by atoms with E-state index in [1.165, 1.54) is 12.2 Å². The molecule has 1 aliphatic rings. The molecule has 0 saturated heterocycles. The molecule has 0 unspecified atom stereocenters. The van der Waals surface area contributed by atoms with Crippen LogP contribution in [0, 0.1) is 0 Å². The van der Waals surface area contributed by atoms with E-state index in [0.29, 0.717) is 55.0 Å². The molecule has 1 aliphatic carbocycles. The van der Waals surface area contributed by atoms with Crippen molar-refractivity contribution in [1.29, 1.82) is 0 Å². The zero-order chi connectivity index (χ0) is 29.1. The van der Waals surface area contributed by atoms with Crippen molar-refractivity contribution < 1.29 is 32.8 Å². The first kappa shape index (κ1) is 31.9. The molecule has 0 spiro atoms. The second-order valence-corrected chi connectivity index (χ2v) is 9.26. The van der Waals surface area contributed by atoms with Crippen molar-refractivity contribution in [1.82, 2.24) is 5.32 Å². The van der Waals surface area contributed by atoms with Gasteiger partial charge in [-0.25, -0.2) is 0 Å². The lowest BCUT2D eigenvalue weighted by Gasteiger charge is -2.30. The predicted molar refractivity (Wildman–Crippen MR) is 150 cm³/mol. The van der Waals surface area contributed by atoms with Gasteiger partial charge in [-0.2, -0.15) is 8.78 Å². The molecule has 0 saturated carbocycles. The Kier molecular flexibility index (Phi) is 12.1. The maximum atomic E-state index is 14.8. The molecule has 1 aromatic carbocycles. The Bertz CT molecular complexity index is 1120. The molecule has 0 heterocycles. The second kappa shape index (κ2) is 14.8. The number of aliphatic hydroxyl groups is 1. The van der Waals surface area contributed by atoms with Crippen LogP contribution in [0.5, 0.6) is 11.5 Å². The van der Waals surface area contributed by atoms with Gasteiger partial charge in [-0.3, -0.25) is 9.98 Å². The third-order valence-electron chi connectivity index (χ3n) is 5.79. The molecule has 0 aromatic heterocycles. The summed E-state index contributed by atoms with van der Waals surface area (Å²) < 4.78 is 51.5. The van der Waals surface area contributed by atoms with Crippen molar-refractivity contribution >= 4 is 17.7 Å². The van der Waals surface area contributed by atoms with Gasteiger partial charge in [0.05, 0.1) is 18.9 Å². The zero-order valence-corrected chi connectivity index (χ0v) is 23.5. The van der Waals surface area contributed by atoms with E-state index in [-0.39, 0.29) is 24.2 Å². The fraction of sp³-hybridized carbons (Fsp3) is 0.500. The molecule has 0 aliphatic heterocycles. The lowest BCUT2D eigenvalue weighted by atomic mass is 9.92. The van der Waals surface area contributed by atoms with Gasteiger partial charge in [0.1, 0.15) is 24.7 Å². The van der Waals surface area contributed by atoms with E-state index in [1.54, 1.807) is 52.6 Å². The molecule has 0 bridgehead atoms. The highest BCUT2D eigenvalue weighted by Gasteiger charge is 2.48. The SMILES string of the molecule is C/C=N/c1cc(OCCOC)c(OCCOC)cc1/C(=N\C)NCC1=CC(N)=CC(C(F)(F)C(C)(C)O)=CC1. The summed E-state index contributed by atoms with van der Waals surface area (Å²) in [6.07, 6.45) is 6.08. The van der Waals surface area contributed by atoms with Gasteiger partial charge in [0.15, 0.2) is 11.5 Å².